The Balaban J connectivity index is 2.29. The summed E-state index contributed by atoms with van der Waals surface area (Å²) >= 11 is 0. The molecule has 0 heterocycles. The quantitative estimate of drug-likeness (QED) is 0.821. The zero-order valence-electron chi connectivity index (χ0n) is 12.0. The lowest BCUT2D eigenvalue weighted by atomic mass is 10.00. The first kappa shape index (κ1) is 16.6. The van der Waals surface area contributed by atoms with Crippen molar-refractivity contribution < 1.29 is 23.1 Å². The Morgan fingerprint density at radius 1 is 1.04 bits per heavy atom. The number of halogens is 3. The number of aliphatic carboxylic acids is 1. The molecule has 0 unspecified atom stereocenters. The standard InChI is InChI=1S/C17H14F3NO2/c18-17(19,20)15-9-5-4-8-13(15)14(16(22)23)11-21-10-12-6-2-1-3-7-12/h1-9,11,21H,10H2,(H,22,23)/b14-11+. The third-order valence-corrected chi connectivity index (χ3v) is 3.15. The van der Waals surface area contributed by atoms with E-state index in [0.29, 0.717) is 6.54 Å². The van der Waals surface area contributed by atoms with Crippen LogP contribution in [0.2, 0.25) is 0 Å². The summed E-state index contributed by atoms with van der Waals surface area (Å²) in [6.07, 6.45) is -3.52. The highest BCUT2D eigenvalue weighted by Gasteiger charge is 2.34. The van der Waals surface area contributed by atoms with E-state index in [1.165, 1.54) is 12.1 Å². The van der Waals surface area contributed by atoms with Crippen molar-refractivity contribution in [3.63, 3.8) is 0 Å². The molecule has 3 nitrogen and oxygen atoms in total. The van der Waals surface area contributed by atoms with Crippen molar-refractivity contribution in [2.45, 2.75) is 12.7 Å². The molecule has 23 heavy (non-hydrogen) atoms. The number of carboxylic acid groups (broad SMARTS) is 1. The van der Waals surface area contributed by atoms with E-state index in [0.717, 1.165) is 23.9 Å². The van der Waals surface area contributed by atoms with Gasteiger partial charge in [0.1, 0.15) is 0 Å². The fourth-order valence-electron chi connectivity index (χ4n) is 2.09. The van der Waals surface area contributed by atoms with Gasteiger partial charge in [-0.15, -0.1) is 0 Å². The summed E-state index contributed by atoms with van der Waals surface area (Å²) in [5.74, 6) is -1.43. The first-order chi connectivity index (χ1) is 10.9. The van der Waals surface area contributed by atoms with Gasteiger partial charge in [-0.2, -0.15) is 13.2 Å². The van der Waals surface area contributed by atoms with Crippen molar-refractivity contribution in [3.8, 4) is 0 Å². The van der Waals surface area contributed by atoms with Crippen LogP contribution in [0.25, 0.3) is 5.57 Å². The molecule has 0 radical (unpaired) electrons. The first-order valence-electron chi connectivity index (χ1n) is 6.77. The fraction of sp³-hybridized carbons (Fsp3) is 0.118. The van der Waals surface area contributed by atoms with E-state index in [9.17, 15) is 23.1 Å². The lowest BCUT2D eigenvalue weighted by Crippen LogP contribution is -2.14. The molecule has 120 valence electrons. The molecule has 0 aromatic heterocycles. The Labute approximate surface area is 131 Å². The summed E-state index contributed by atoms with van der Waals surface area (Å²) in [6.45, 7) is 0.311. The fourth-order valence-corrected chi connectivity index (χ4v) is 2.09. The molecule has 0 bridgehead atoms. The Kier molecular flexibility index (Phi) is 5.05. The van der Waals surface area contributed by atoms with Crippen LogP contribution in [0.1, 0.15) is 16.7 Å². The summed E-state index contributed by atoms with van der Waals surface area (Å²) in [7, 11) is 0. The number of alkyl halides is 3. The van der Waals surface area contributed by atoms with Crippen molar-refractivity contribution in [2.75, 3.05) is 0 Å². The highest BCUT2D eigenvalue weighted by Crippen LogP contribution is 2.34. The Morgan fingerprint density at radius 3 is 2.26 bits per heavy atom. The molecule has 6 heteroatoms. The summed E-state index contributed by atoms with van der Waals surface area (Å²) in [4.78, 5) is 11.3. The Morgan fingerprint density at radius 2 is 1.65 bits per heavy atom. The van der Waals surface area contributed by atoms with Crippen molar-refractivity contribution in [2.24, 2.45) is 0 Å². The minimum absolute atomic E-state index is 0.311. The van der Waals surface area contributed by atoms with Crippen LogP contribution in [0.15, 0.2) is 60.8 Å². The van der Waals surface area contributed by atoms with Crippen LogP contribution in [0.3, 0.4) is 0 Å². The van der Waals surface area contributed by atoms with Gasteiger partial charge in [-0.05, 0) is 11.6 Å². The summed E-state index contributed by atoms with van der Waals surface area (Å²) in [5, 5.41) is 12.0. The predicted molar refractivity (Wildman–Crippen MR) is 80.3 cm³/mol. The zero-order chi connectivity index (χ0) is 16.9. The minimum Gasteiger partial charge on any atom is -0.478 e. The van der Waals surface area contributed by atoms with Crippen LogP contribution in [0.4, 0.5) is 13.2 Å². The molecule has 0 saturated heterocycles. The van der Waals surface area contributed by atoms with Gasteiger partial charge in [-0.25, -0.2) is 4.79 Å². The van der Waals surface area contributed by atoms with Crippen molar-refractivity contribution in [1.82, 2.24) is 5.32 Å². The van der Waals surface area contributed by atoms with Gasteiger partial charge in [0.05, 0.1) is 11.1 Å². The van der Waals surface area contributed by atoms with Gasteiger partial charge in [0.2, 0.25) is 0 Å². The number of carbonyl (C=O) groups is 1. The molecule has 0 spiro atoms. The number of benzene rings is 2. The van der Waals surface area contributed by atoms with Gasteiger partial charge in [0.25, 0.3) is 0 Å². The molecule has 2 aromatic rings. The molecular weight excluding hydrogens is 307 g/mol. The lowest BCUT2D eigenvalue weighted by Gasteiger charge is -2.13. The third-order valence-electron chi connectivity index (χ3n) is 3.15. The molecule has 2 rings (SSSR count). The molecular formula is C17H14F3NO2. The molecule has 0 saturated carbocycles. The van der Waals surface area contributed by atoms with E-state index in [1.54, 1.807) is 0 Å². The molecule has 0 fully saturated rings. The van der Waals surface area contributed by atoms with Crippen LogP contribution < -0.4 is 5.32 Å². The van der Waals surface area contributed by atoms with Crippen molar-refractivity contribution >= 4 is 11.5 Å². The number of hydrogen-bond acceptors (Lipinski definition) is 2. The second-order valence-corrected chi connectivity index (χ2v) is 4.77. The van der Waals surface area contributed by atoms with E-state index in [1.807, 2.05) is 30.3 Å². The van der Waals surface area contributed by atoms with E-state index < -0.39 is 23.3 Å². The maximum absolute atomic E-state index is 13.0. The van der Waals surface area contributed by atoms with E-state index in [2.05, 4.69) is 5.32 Å². The maximum Gasteiger partial charge on any atom is 0.417 e. The highest BCUT2D eigenvalue weighted by molar-refractivity contribution is 6.15. The third kappa shape index (κ3) is 4.35. The molecule has 2 aromatic carbocycles. The minimum atomic E-state index is -4.62. The predicted octanol–water partition coefficient (Wildman–Crippen LogP) is 3.92. The van der Waals surface area contributed by atoms with Crippen LogP contribution >= 0.6 is 0 Å². The molecule has 0 atom stereocenters. The monoisotopic (exact) mass is 321 g/mol. The van der Waals surface area contributed by atoms with E-state index in [-0.39, 0.29) is 5.56 Å². The topological polar surface area (TPSA) is 49.3 Å². The van der Waals surface area contributed by atoms with Gasteiger partial charge in [-0.3, -0.25) is 0 Å². The number of hydrogen-bond donors (Lipinski definition) is 2. The SMILES string of the molecule is O=C(O)/C(=C/NCc1ccccc1)c1ccccc1C(F)(F)F. The van der Waals surface area contributed by atoms with E-state index >= 15 is 0 Å². The van der Waals surface area contributed by atoms with Gasteiger partial charge < -0.3 is 10.4 Å². The Hall–Kier alpha value is -2.76. The summed E-state index contributed by atoms with van der Waals surface area (Å²) in [5.41, 5.74) is -0.894. The van der Waals surface area contributed by atoms with Gasteiger partial charge in [-0.1, -0.05) is 48.5 Å². The van der Waals surface area contributed by atoms with Crippen molar-refractivity contribution in [1.29, 1.82) is 0 Å². The van der Waals surface area contributed by atoms with Crippen LogP contribution in [-0.2, 0) is 17.5 Å². The number of nitrogens with one attached hydrogen (secondary N) is 1. The first-order valence-corrected chi connectivity index (χ1v) is 6.77. The molecule has 0 aliphatic heterocycles. The van der Waals surface area contributed by atoms with Gasteiger partial charge >= 0.3 is 12.1 Å². The zero-order valence-corrected chi connectivity index (χ0v) is 12.0. The average Bonchev–Trinajstić information content (AvgIpc) is 2.51. The smallest absolute Gasteiger partial charge is 0.417 e. The summed E-state index contributed by atoms with van der Waals surface area (Å²) < 4.78 is 39.1. The van der Waals surface area contributed by atoms with Crippen LogP contribution in [0.5, 0.6) is 0 Å². The van der Waals surface area contributed by atoms with Gasteiger partial charge in [0.15, 0.2) is 0 Å². The highest BCUT2D eigenvalue weighted by atomic mass is 19.4. The number of carboxylic acids is 1. The average molecular weight is 321 g/mol. The van der Waals surface area contributed by atoms with Crippen LogP contribution in [0, 0.1) is 0 Å². The van der Waals surface area contributed by atoms with Crippen molar-refractivity contribution in [3.05, 3.63) is 77.5 Å². The molecule has 2 N–H and O–H groups in total. The second kappa shape index (κ2) is 7.00. The lowest BCUT2D eigenvalue weighted by molar-refractivity contribution is -0.137. The maximum atomic E-state index is 13.0. The van der Waals surface area contributed by atoms with Crippen LogP contribution in [-0.4, -0.2) is 11.1 Å². The normalized spacial score (nSPS) is 12.0. The molecule has 0 aliphatic carbocycles. The molecule has 0 aliphatic rings. The Bertz CT molecular complexity index is 709. The van der Waals surface area contributed by atoms with E-state index in [4.69, 9.17) is 0 Å². The van der Waals surface area contributed by atoms with Gasteiger partial charge in [0, 0.05) is 18.3 Å². The molecule has 0 amide bonds. The largest absolute Gasteiger partial charge is 0.478 e. The number of rotatable bonds is 5. The summed E-state index contributed by atoms with van der Waals surface area (Å²) in [6, 6.07) is 13.7. The second-order valence-electron chi connectivity index (χ2n) is 4.77.